The first-order valence-electron chi connectivity index (χ1n) is 13.4. The maximum absolute atomic E-state index is 13.2. The van der Waals surface area contributed by atoms with Crippen molar-refractivity contribution in [2.45, 2.75) is 56.4 Å². The van der Waals surface area contributed by atoms with Crippen molar-refractivity contribution in [2.24, 2.45) is 5.73 Å². The number of benzene rings is 3. The molecule has 3 aromatic carbocycles. The van der Waals surface area contributed by atoms with Crippen LogP contribution in [0.2, 0.25) is 0 Å². The Morgan fingerprint density at radius 1 is 0.810 bits per heavy atom. The summed E-state index contributed by atoms with van der Waals surface area (Å²) in [5.41, 5.74) is 9.71. The van der Waals surface area contributed by atoms with Crippen molar-refractivity contribution < 1.29 is 37.5 Å². The molecule has 5 rings (SSSR count). The number of carboxylic acid groups (broad SMARTS) is 1. The fraction of sp³-hybridized carbons (Fsp3) is 0.290. The summed E-state index contributed by atoms with van der Waals surface area (Å²) in [6.45, 7) is 0. The molecule has 5 N–H and O–H groups in total. The van der Waals surface area contributed by atoms with Crippen molar-refractivity contribution in [2.75, 3.05) is 5.32 Å². The predicted octanol–water partition coefficient (Wildman–Crippen LogP) is 4.50. The molecule has 1 fully saturated rings. The Balaban J connectivity index is 0.000000517. The number of carbonyl (C=O) groups is 4. The highest BCUT2D eigenvalue weighted by Crippen LogP contribution is 2.33. The molecule has 0 aromatic heterocycles. The van der Waals surface area contributed by atoms with Gasteiger partial charge in [-0.1, -0.05) is 66.7 Å². The standard InChI is InChI=1S/C29H29N3O3.C2HF3O2/c30-24(17-18-7-2-1-3-8-18)29(35)32-20-15-13-19(14-16-20)31-25-12-6-11-23-26(25)28(34)22-10-5-4-9-21(22)27(23)33;3-2(4,5)1(6)7/h1-12,19-20,24,31H,13-17,30H2,(H,32,35);(H,6,7)/t19?,20?,24-;/m0./s1. The zero-order chi connectivity index (χ0) is 30.4. The molecule has 1 atom stereocenters. The number of aliphatic carboxylic acids is 1. The number of alkyl halides is 3. The normalized spacial score (nSPS) is 18.5. The zero-order valence-electron chi connectivity index (χ0n) is 22.5. The van der Waals surface area contributed by atoms with Crippen LogP contribution in [0.25, 0.3) is 0 Å². The topological polar surface area (TPSA) is 139 Å². The fourth-order valence-corrected chi connectivity index (χ4v) is 5.14. The van der Waals surface area contributed by atoms with Gasteiger partial charge in [0.1, 0.15) is 0 Å². The maximum atomic E-state index is 13.2. The number of rotatable bonds is 6. The van der Waals surface area contributed by atoms with E-state index in [1.165, 1.54) is 0 Å². The molecular weight excluding hydrogens is 551 g/mol. The van der Waals surface area contributed by atoms with Crippen LogP contribution in [0.15, 0.2) is 72.8 Å². The molecule has 0 unspecified atom stereocenters. The smallest absolute Gasteiger partial charge is 0.475 e. The molecule has 2 aliphatic carbocycles. The quantitative estimate of drug-likeness (QED) is 0.263. The Kier molecular flexibility index (Phi) is 9.41. The van der Waals surface area contributed by atoms with E-state index >= 15 is 0 Å². The van der Waals surface area contributed by atoms with E-state index < -0.39 is 18.2 Å². The van der Waals surface area contributed by atoms with Crippen LogP contribution in [-0.4, -0.2) is 52.9 Å². The van der Waals surface area contributed by atoms with Gasteiger partial charge in [0.2, 0.25) is 5.91 Å². The van der Waals surface area contributed by atoms with Crippen molar-refractivity contribution in [1.29, 1.82) is 0 Å². The third-order valence-electron chi connectivity index (χ3n) is 7.26. The predicted molar refractivity (Wildman–Crippen MR) is 149 cm³/mol. The molecule has 0 heterocycles. The molecule has 0 radical (unpaired) electrons. The number of ketones is 2. The third kappa shape index (κ3) is 7.22. The summed E-state index contributed by atoms with van der Waals surface area (Å²) in [6, 6.07) is 21.9. The first kappa shape index (κ1) is 30.4. The van der Waals surface area contributed by atoms with Gasteiger partial charge in [-0.3, -0.25) is 14.4 Å². The van der Waals surface area contributed by atoms with Gasteiger partial charge < -0.3 is 21.5 Å². The summed E-state index contributed by atoms with van der Waals surface area (Å²) in [5, 5.41) is 13.7. The highest BCUT2D eigenvalue weighted by molar-refractivity contribution is 6.30. The largest absolute Gasteiger partial charge is 0.490 e. The maximum Gasteiger partial charge on any atom is 0.490 e. The van der Waals surface area contributed by atoms with Gasteiger partial charge in [-0.2, -0.15) is 13.2 Å². The van der Waals surface area contributed by atoms with Gasteiger partial charge in [0, 0.05) is 34.5 Å². The lowest BCUT2D eigenvalue weighted by Crippen LogP contribution is -2.48. The van der Waals surface area contributed by atoms with E-state index in [0.29, 0.717) is 34.4 Å². The Labute approximate surface area is 240 Å². The van der Waals surface area contributed by atoms with E-state index in [4.69, 9.17) is 15.6 Å². The number of nitrogens with one attached hydrogen (secondary N) is 2. The minimum Gasteiger partial charge on any atom is -0.475 e. The molecule has 3 aromatic rings. The second kappa shape index (κ2) is 13.0. The van der Waals surface area contributed by atoms with E-state index in [-0.39, 0.29) is 29.6 Å². The lowest BCUT2D eigenvalue weighted by molar-refractivity contribution is -0.192. The summed E-state index contributed by atoms with van der Waals surface area (Å²) in [6.07, 6.45) is -1.22. The molecule has 220 valence electrons. The SMILES string of the molecule is N[C@@H](Cc1ccccc1)C(=O)NC1CCC(Nc2cccc3c2C(=O)c2ccccc2C3=O)CC1.O=C(O)C(F)(F)F. The number of anilines is 1. The highest BCUT2D eigenvalue weighted by atomic mass is 19.4. The van der Waals surface area contributed by atoms with Gasteiger partial charge in [-0.05, 0) is 43.7 Å². The number of carboxylic acids is 1. The molecule has 1 amide bonds. The fourth-order valence-electron chi connectivity index (χ4n) is 5.14. The monoisotopic (exact) mass is 581 g/mol. The van der Waals surface area contributed by atoms with Crippen LogP contribution in [0.4, 0.5) is 18.9 Å². The van der Waals surface area contributed by atoms with Gasteiger partial charge in [0.15, 0.2) is 11.6 Å². The number of amides is 1. The minimum atomic E-state index is -5.08. The molecular formula is C31H30F3N3O5. The average molecular weight is 582 g/mol. The highest BCUT2D eigenvalue weighted by Gasteiger charge is 2.38. The van der Waals surface area contributed by atoms with Crippen LogP contribution in [0, 0.1) is 0 Å². The van der Waals surface area contributed by atoms with Crippen molar-refractivity contribution in [3.63, 3.8) is 0 Å². The van der Waals surface area contributed by atoms with Crippen LogP contribution >= 0.6 is 0 Å². The van der Waals surface area contributed by atoms with Crippen molar-refractivity contribution >= 4 is 29.1 Å². The lowest BCUT2D eigenvalue weighted by Gasteiger charge is -2.32. The van der Waals surface area contributed by atoms with Crippen molar-refractivity contribution in [1.82, 2.24) is 5.32 Å². The number of hydrogen-bond donors (Lipinski definition) is 4. The van der Waals surface area contributed by atoms with E-state index in [1.807, 2.05) is 42.5 Å². The summed E-state index contributed by atoms with van der Waals surface area (Å²) < 4.78 is 31.7. The van der Waals surface area contributed by atoms with Gasteiger partial charge in [0.25, 0.3) is 0 Å². The third-order valence-corrected chi connectivity index (χ3v) is 7.26. The number of hydrogen-bond acceptors (Lipinski definition) is 6. The summed E-state index contributed by atoms with van der Waals surface area (Å²) in [4.78, 5) is 47.7. The van der Waals surface area contributed by atoms with Gasteiger partial charge >= 0.3 is 12.1 Å². The second-order valence-corrected chi connectivity index (χ2v) is 10.2. The molecule has 2 aliphatic rings. The van der Waals surface area contributed by atoms with E-state index in [9.17, 15) is 27.6 Å². The van der Waals surface area contributed by atoms with Crippen LogP contribution < -0.4 is 16.4 Å². The Morgan fingerprint density at radius 2 is 1.33 bits per heavy atom. The van der Waals surface area contributed by atoms with E-state index in [1.54, 1.807) is 30.3 Å². The molecule has 42 heavy (non-hydrogen) atoms. The van der Waals surface area contributed by atoms with Crippen LogP contribution in [0.5, 0.6) is 0 Å². The summed E-state index contributed by atoms with van der Waals surface area (Å²) in [5.74, 6) is -3.11. The summed E-state index contributed by atoms with van der Waals surface area (Å²) in [7, 11) is 0. The minimum absolute atomic E-state index is 0.0853. The number of carbonyl (C=O) groups excluding carboxylic acids is 3. The molecule has 0 aliphatic heterocycles. The van der Waals surface area contributed by atoms with E-state index in [2.05, 4.69) is 10.6 Å². The molecule has 0 bridgehead atoms. The molecule has 0 saturated heterocycles. The number of fused-ring (bicyclic) bond motifs is 2. The molecule has 11 heteroatoms. The van der Waals surface area contributed by atoms with Crippen LogP contribution in [0.3, 0.4) is 0 Å². The van der Waals surface area contributed by atoms with E-state index in [0.717, 1.165) is 31.2 Å². The Morgan fingerprint density at radius 3 is 1.93 bits per heavy atom. The first-order valence-corrected chi connectivity index (χ1v) is 13.4. The average Bonchev–Trinajstić information content (AvgIpc) is 2.97. The molecule has 0 spiro atoms. The van der Waals surface area contributed by atoms with Gasteiger partial charge in [0.05, 0.1) is 11.6 Å². The van der Waals surface area contributed by atoms with Crippen LogP contribution in [0.1, 0.15) is 63.1 Å². The van der Waals surface area contributed by atoms with Crippen molar-refractivity contribution in [3.05, 3.63) is 101 Å². The Bertz CT molecular complexity index is 1470. The summed E-state index contributed by atoms with van der Waals surface area (Å²) >= 11 is 0. The number of nitrogens with two attached hydrogens (primary N) is 1. The van der Waals surface area contributed by atoms with Gasteiger partial charge in [-0.25, -0.2) is 4.79 Å². The van der Waals surface area contributed by atoms with Crippen molar-refractivity contribution in [3.8, 4) is 0 Å². The van der Waals surface area contributed by atoms with Gasteiger partial charge in [-0.15, -0.1) is 0 Å². The number of halogens is 3. The first-order chi connectivity index (χ1) is 20.0. The zero-order valence-corrected chi connectivity index (χ0v) is 22.5. The Hall–Kier alpha value is -4.51. The molecule has 8 nitrogen and oxygen atoms in total. The molecule has 1 saturated carbocycles. The lowest BCUT2D eigenvalue weighted by atomic mass is 9.83. The van der Waals surface area contributed by atoms with Crippen LogP contribution in [-0.2, 0) is 16.0 Å². The second-order valence-electron chi connectivity index (χ2n) is 10.2.